The summed E-state index contributed by atoms with van der Waals surface area (Å²) in [6.45, 7) is 9.60. The molecule has 2 aromatic rings. The van der Waals surface area contributed by atoms with E-state index in [2.05, 4.69) is 55.3 Å². The van der Waals surface area contributed by atoms with E-state index in [0.29, 0.717) is 0 Å². The molecule has 25 heavy (non-hydrogen) atoms. The topological polar surface area (TPSA) is 29.3 Å². The molecule has 1 fully saturated rings. The molecule has 0 atom stereocenters. The molecule has 2 aromatic carbocycles. The molecule has 0 radical (unpaired) electrons. The smallest absolute Gasteiger partial charge is 0.118 e. The van der Waals surface area contributed by atoms with Gasteiger partial charge in [0.05, 0.1) is 39.0 Å². The predicted molar refractivity (Wildman–Crippen MR) is 102 cm³/mol. The zero-order valence-electron chi connectivity index (χ0n) is 15.5. The number of hydrogen-bond donors (Lipinski definition) is 1. The van der Waals surface area contributed by atoms with Crippen LogP contribution in [0.2, 0.25) is 0 Å². The van der Waals surface area contributed by atoms with Crippen LogP contribution in [0.25, 0.3) is 0 Å². The molecule has 0 unspecified atom stereocenters. The summed E-state index contributed by atoms with van der Waals surface area (Å²) in [7, 11) is 1.69. The fourth-order valence-corrected chi connectivity index (χ4v) is 3.18. The number of methoxy groups -OCH3 is 1. The van der Waals surface area contributed by atoms with Crippen LogP contribution in [-0.2, 0) is 6.54 Å². The van der Waals surface area contributed by atoms with E-state index in [1.165, 1.54) is 11.1 Å². The molecule has 0 aliphatic carbocycles. The predicted octanol–water partition coefficient (Wildman–Crippen LogP) is 2.13. The number of benzene rings is 2. The highest BCUT2D eigenvalue weighted by Gasteiger charge is 2.19. The second-order valence-corrected chi connectivity index (χ2v) is 6.78. The standard InChI is InChI=1S/C21H27N3O/c1-17-4-6-19(7-5-17)16-23-12-14-24(15-13-23)22-18(2)20-8-10-21(25-3)11-9-20/h4-11H,12-16H2,1-3H3/p+1/b22-18-. The van der Waals surface area contributed by atoms with Gasteiger partial charge in [0.25, 0.3) is 0 Å². The molecule has 4 heteroatoms. The Bertz CT molecular complexity index is 699. The number of hydrogen-bond acceptors (Lipinski definition) is 3. The maximum absolute atomic E-state index is 5.21. The molecule has 4 nitrogen and oxygen atoms in total. The van der Waals surface area contributed by atoms with Crippen molar-refractivity contribution in [2.45, 2.75) is 20.4 Å². The van der Waals surface area contributed by atoms with Crippen LogP contribution in [-0.4, -0.2) is 44.0 Å². The van der Waals surface area contributed by atoms with Crippen molar-refractivity contribution in [3.8, 4) is 5.75 Å². The molecule has 1 heterocycles. The molecule has 1 aliphatic heterocycles. The molecular weight excluding hydrogens is 310 g/mol. The van der Waals surface area contributed by atoms with Crippen molar-refractivity contribution in [1.29, 1.82) is 0 Å². The first kappa shape index (κ1) is 17.5. The average molecular weight is 338 g/mol. The summed E-state index contributed by atoms with van der Waals surface area (Å²) in [4.78, 5) is 1.64. The van der Waals surface area contributed by atoms with Gasteiger partial charge in [-0.1, -0.05) is 29.8 Å². The number of piperazine rings is 1. The number of nitrogens with zero attached hydrogens (tertiary/aromatic N) is 2. The van der Waals surface area contributed by atoms with Gasteiger partial charge in [0.2, 0.25) is 0 Å². The third kappa shape index (κ3) is 4.83. The number of nitrogens with one attached hydrogen (secondary N) is 1. The van der Waals surface area contributed by atoms with Crippen molar-refractivity contribution in [1.82, 2.24) is 5.01 Å². The molecule has 1 aliphatic rings. The Hall–Kier alpha value is -2.33. The fraction of sp³-hybridized carbons (Fsp3) is 0.381. The van der Waals surface area contributed by atoms with Gasteiger partial charge < -0.3 is 9.64 Å². The van der Waals surface area contributed by atoms with Crippen molar-refractivity contribution < 1.29 is 9.64 Å². The van der Waals surface area contributed by atoms with Gasteiger partial charge in [0.1, 0.15) is 12.3 Å². The number of ether oxygens (including phenoxy) is 1. The molecule has 1 saturated heterocycles. The molecule has 0 aromatic heterocycles. The van der Waals surface area contributed by atoms with Crippen LogP contribution in [0.1, 0.15) is 23.6 Å². The maximum atomic E-state index is 5.21. The van der Waals surface area contributed by atoms with E-state index in [4.69, 9.17) is 9.84 Å². The average Bonchev–Trinajstić information content (AvgIpc) is 2.65. The normalized spacial score (nSPS) is 16.1. The van der Waals surface area contributed by atoms with Crippen LogP contribution in [0.4, 0.5) is 0 Å². The van der Waals surface area contributed by atoms with Crippen LogP contribution in [0.15, 0.2) is 53.6 Å². The van der Waals surface area contributed by atoms with Crippen molar-refractivity contribution in [3.63, 3.8) is 0 Å². The van der Waals surface area contributed by atoms with Gasteiger partial charge in [-0.15, -0.1) is 0 Å². The lowest BCUT2D eigenvalue weighted by molar-refractivity contribution is -0.918. The van der Waals surface area contributed by atoms with E-state index in [0.717, 1.165) is 49.7 Å². The third-order valence-corrected chi connectivity index (χ3v) is 4.82. The van der Waals surface area contributed by atoms with Gasteiger partial charge >= 0.3 is 0 Å². The van der Waals surface area contributed by atoms with Crippen molar-refractivity contribution in [3.05, 3.63) is 65.2 Å². The summed E-state index contributed by atoms with van der Waals surface area (Å²) >= 11 is 0. The van der Waals surface area contributed by atoms with Gasteiger partial charge in [0.15, 0.2) is 0 Å². The lowest BCUT2D eigenvalue weighted by Crippen LogP contribution is -3.13. The molecule has 3 rings (SSSR count). The zero-order valence-corrected chi connectivity index (χ0v) is 15.5. The second kappa shape index (κ2) is 8.17. The number of aryl methyl sites for hydroxylation is 1. The first-order chi connectivity index (χ1) is 12.1. The van der Waals surface area contributed by atoms with E-state index >= 15 is 0 Å². The second-order valence-electron chi connectivity index (χ2n) is 6.78. The van der Waals surface area contributed by atoms with Gasteiger partial charge in [-0.25, -0.2) is 0 Å². The van der Waals surface area contributed by atoms with Crippen LogP contribution in [0.3, 0.4) is 0 Å². The molecule has 0 amide bonds. The lowest BCUT2D eigenvalue weighted by atomic mass is 10.1. The summed E-state index contributed by atoms with van der Waals surface area (Å²) in [5.74, 6) is 0.880. The highest BCUT2D eigenvalue weighted by Crippen LogP contribution is 2.12. The number of quaternary nitrogens is 1. The fourth-order valence-electron chi connectivity index (χ4n) is 3.18. The van der Waals surface area contributed by atoms with E-state index in [1.54, 1.807) is 12.0 Å². The quantitative estimate of drug-likeness (QED) is 0.847. The van der Waals surface area contributed by atoms with Gasteiger partial charge in [-0.2, -0.15) is 5.10 Å². The SMILES string of the molecule is COc1ccc(/C(C)=N\N2CC[NH+](Cc3ccc(C)cc3)CC2)cc1. The number of hydrazone groups is 1. The highest BCUT2D eigenvalue weighted by molar-refractivity contribution is 5.98. The van der Waals surface area contributed by atoms with Crippen LogP contribution < -0.4 is 9.64 Å². The van der Waals surface area contributed by atoms with E-state index in [-0.39, 0.29) is 0 Å². The largest absolute Gasteiger partial charge is 0.497 e. The summed E-state index contributed by atoms with van der Waals surface area (Å²) in [5.41, 5.74) is 4.96. The van der Waals surface area contributed by atoms with Crippen molar-refractivity contribution in [2.75, 3.05) is 33.3 Å². The first-order valence-electron chi connectivity index (χ1n) is 8.98. The first-order valence-corrected chi connectivity index (χ1v) is 8.98. The van der Waals surface area contributed by atoms with Gasteiger partial charge in [0, 0.05) is 5.56 Å². The Morgan fingerprint density at radius 1 is 1.04 bits per heavy atom. The Balaban J connectivity index is 1.53. The van der Waals surface area contributed by atoms with Crippen LogP contribution in [0, 0.1) is 6.92 Å². The Kier molecular flexibility index (Phi) is 5.71. The summed E-state index contributed by atoms with van der Waals surface area (Å²) < 4.78 is 5.21. The van der Waals surface area contributed by atoms with Crippen molar-refractivity contribution in [2.24, 2.45) is 5.10 Å². The molecule has 0 spiro atoms. The van der Waals surface area contributed by atoms with Crippen molar-refractivity contribution >= 4 is 5.71 Å². The molecular formula is C21H28N3O+. The van der Waals surface area contributed by atoms with E-state index < -0.39 is 0 Å². The summed E-state index contributed by atoms with van der Waals surface area (Å²) in [6.07, 6.45) is 0. The minimum Gasteiger partial charge on any atom is -0.497 e. The lowest BCUT2D eigenvalue weighted by Gasteiger charge is -2.31. The van der Waals surface area contributed by atoms with Gasteiger partial charge in [-0.05, 0) is 43.7 Å². The maximum Gasteiger partial charge on any atom is 0.118 e. The minimum absolute atomic E-state index is 0.880. The minimum atomic E-state index is 0.880. The number of rotatable bonds is 5. The molecule has 0 saturated carbocycles. The highest BCUT2D eigenvalue weighted by atomic mass is 16.5. The zero-order chi connectivity index (χ0) is 17.6. The van der Waals surface area contributed by atoms with E-state index in [1.807, 2.05) is 12.1 Å². The Morgan fingerprint density at radius 2 is 1.68 bits per heavy atom. The van der Waals surface area contributed by atoms with Crippen LogP contribution in [0.5, 0.6) is 5.75 Å². The molecule has 1 N–H and O–H groups in total. The Morgan fingerprint density at radius 3 is 2.28 bits per heavy atom. The van der Waals surface area contributed by atoms with E-state index in [9.17, 15) is 0 Å². The molecule has 132 valence electrons. The Labute approximate surface area is 150 Å². The summed E-state index contributed by atoms with van der Waals surface area (Å²) in [6, 6.07) is 17.0. The van der Waals surface area contributed by atoms with Crippen LogP contribution >= 0.6 is 0 Å². The molecule has 0 bridgehead atoms. The van der Waals surface area contributed by atoms with Gasteiger partial charge in [-0.3, -0.25) is 5.01 Å². The third-order valence-electron chi connectivity index (χ3n) is 4.82. The monoisotopic (exact) mass is 338 g/mol. The summed E-state index contributed by atoms with van der Waals surface area (Å²) in [5, 5.41) is 7.02.